The SMILES string of the molecule is CC(=O)NC[C@H]1CN(c2ccc(N3CCON(C(=S)c4ccccc4)CC3)c(F)c2)C(=O)O1. The summed E-state index contributed by atoms with van der Waals surface area (Å²) in [6.07, 6.45) is -1.04. The van der Waals surface area contributed by atoms with E-state index in [1.807, 2.05) is 35.2 Å². The van der Waals surface area contributed by atoms with Crippen molar-refractivity contribution in [1.29, 1.82) is 0 Å². The third kappa shape index (κ3) is 5.40. The molecular weight excluding hydrogens is 447 g/mol. The molecule has 0 aromatic heterocycles. The molecule has 2 aliphatic heterocycles. The predicted octanol–water partition coefficient (Wildman–Crippen LogP) is 2.72. The van der Waals surface area contributed by atoms with E-state index in [2.05, 4.69) is 5.32 Å². The zero-order chi connectivity index (χ0) is 23.4. The maximum absolute atomic E-state index is 15.1. The van der Waals surface area contributed by atoms with E-state index in [1.165, 1.54) is 17.9 Å². The van der Waals surface area contributed by atoms with Crippen molar-refractivity contribution in [2.45, 2.75) is 13.0 Å². The van der Waals surface area contributed by atoms with Gasteiger partial charge in [0.15, 0.2) is 0 Å². The molecule has 0 unspecified atom stereocenters. The Labute approximate surface area is 196 Å². The van der Waals surface area contributed by atoms with E-state index < -0.39 is 18.0 Å². The van der Waals surface area contributed by atoms with Crippen LogP contribution in [0.4, 0.5) is 20.6 Å². The second-order valence-electron chi connectivity index (χ2n) is 7.78. The summed E-state index contributed by atoms with van der Waals surface area (Å²) in [6, 6.07) is 14.3. The number of carbonyl (C=O) groups excluding carboxylic acids is 2. The molecule has 0 spiro atoms. The number of hydrogen-bond donors (Lipinski definition) is 1. The van der Waals surface area contributed by atoms with Gasteiger partial charge in [0.25, 0.3) is 0 Å². The van der Waals surface area contributed by atoms with Crippen LogP contribution in [0.2, 0.25) is 0 Å². The highest BCUT2D eigenvalue weighted by Crippen LogP contribution is 2.28. The lowest BCUT2D eigenvalue weighted by Gasteiger charge is -2.24. The molecule has 2 amide bonds. The third-order valence-corrected chi connectivity index (χ3v) is 5.90. The van der Waals surface area contributed by atoms with Gasteiger partial charge in [0, 0.05) is 25.6 Å². The highest BCUT2D eigenvalue weighted by Gasteiger charge is 2.33. The number of nitrogens with one attached hydrogen (secondary N) is 1. The summed E-state index contributed by atoms with van der Waals surface area (Å²) in [7, 11) is 0. The number of ether oxygens (including phenoxy) is 1. The average Bonchev–Trinajstić information content (AvgIpc) is 3.02. The topological polar surface area (TPSA) is 74.4 Å². The average molecular weight is 473 g/mol. The van der Waals surface area contributed by atoms with E-state index in [0.717, 1.165) is 5.56 Å². The van der Waals surface area contributed by atoms with Gasteiger partial charge in [-0.05, 0) is 18.2 Å². The first-order valence-corrected chi connectivity index (χ1v) is 11.1. The lowest BCUT2D eigenvalue weighted by molar-refractivity contribution is -0.119. The van der Waals surface area contributed by atoms with E-state index in [0.29, 0.717) is 42.6 Å². The smallest absolute Gasteiger partial charge is 0.414 e. The van der Waals surface area contributed by atoms with Crippen LogP contribution in [-0.4, -0.2) is 67.5 Å². The lowest BCUT2D eigenvalue weighted by atomic mass is 10.2. The van der Waals surface area contributed by atoms with Gasteiger partial charge < -0.3 is 15.0 Å². The Hall–Kier alpha value is -3.24. The monoisotopic (exact) mass is 472 g/mol. The fourth-order valence-electron chi connectivity index (χ4n) is 3.79. The van der Waals surface area contributed by atoms with Crippen molar-refractivity contribution in [1.82, 2.24) is 10.4 Å². The summed E-state index contributed by atoms with van der Waals surface area (Å²) in [5.41, 5.74) is 1.73. The van der Waals surface area contributed by atoms with Gasteiger partial charge in [-0.2, -0.15) is 0 Å². The fourth-order valence-corrected chi connectivity index (χ4v) is 4.07. The van der Waals surface area contributed by atoms with Crippen LogP contribution in [0.3, 0.4) is 0 Å². The Balaban J connectivity index is 1.40. The Morgan fingerprint density at radius 2 is 1.97 bits per heavy atom. The first-order chi connectivity index (χ1) is 15.9. The van der Waals surface area contributed by atoms with E-state index in [4.69, 9.17) is 21.8 Å². The summed E-state index contributed by atoms with van der Waals surface area (Å²) < 4.78 is 20.3. The van der Waals surface area contributed by atoms with Crippen molar-refractivity contribution in [3.05, 3.63) is 59.9 Å². The zero-order valence-electron chi connectivity index (χ0n) is 18.2. The molecule has 1 N–H and O–H groups in total. The summed E-state index contributed by atoms with van der Waals surface area (Å²) in [6.45, 7) is 3.71. The van der Waals surface area contributed by atoms with E-state index in [-0.39, 0.29) is 19.0 Å². The molecule has 4 rings (SSSR count). The van der Waals surface area contributed by atoms with Gasteiger partial charge in [-0.25, -0.2) is 14.2 Å². The Kier molecular flexibility index (Phi) is 7.05. The minimum absolute atomic E-state index is 0.204. The molecule has 2 aliphatic rings. The minimum atomic E-state index is -0.564. The van der Waals surface area contributed by atoms with E-state index >= 15 is 4.39 Å². The van der Waals surface area contributed by atoms with Crippen LogP contribution in [0, 0.1) is 5.82 Å². The molecule has 0 radical (unpaired) electrons. The van der Waals surface area contributed by atoms with Gasteiger partial charge in [0.2, 0.25) is 5.91 Å². The molecule has 1 atom stereocenters. The molecule has 2 fully saturated rings. The molecule has 0 bridgehead atoms. The quantitative estimate of drug-likeness (QED) is 0.671. The number of carbonyl (C=O) groups is 2. The second kappa shape index (κ2) is 10.1. The number of benzene rings is 2. The van der Waals surface area contributed by atoms with Crippen LogP contribution >= 0.6 is 12.2 Å². The lowest BCUT2D eigenvalue weighted by Crippen LogP contribution is -2.34. The van der Waals surface area contributed by atoms with Crippen LogP contribution in [0.1, 0.15) is 12.5 Å². The molecule has 0 aliphatic carbocycles. The summed E-state index contributed by atoms with van der Waals surface area (Å²) >= 11 is 5.55. The number of rotatable bonds is 5. The van der Waals surface area contributed by atoms with Crippen LogP contribution in [0.15, 0.2) is 48.5 Å². The van der Waals surface area contributed by atoms with E-state index in [9.17, 15) is 9.59 Å². The summed E-state index contributed by atoms with van der Waals surface area (Å²) in [5, 5.41) is 4.30. The van der Waals surface area contributed by atoms with Gasteiger partial charge in [-0.1, -0.05) is 42.5 Å². The van der Waals surface area contributed by atoms with Gasteiger partial charge in [-0.3, -0.25) is 14.5 Å². The number of halogens is 1. The Morgan fingerprint density at radius 3 is 2.70 bits per heavy atom. The number of hydrogen-bond acceptors (Lipinski definition) is 6. The van der Waals surface area contributed by atoms with Gasteiger partial charge >= 0.3 is 6.09 Å². The summed E-state index contributed by atoms with van der Waals surface area (Å²) in [4.78, 5) is 33.0. The largest absolute Gasteiger partial charge is 0.442 e. The molecule has 2 aromatic carbocycles. The van der Waals surface area contributed by atoms with Crippen molar-refractivity contribution >= 4 is 40.6 Å². The number of amides is 2. The molecule has 0 saturated carbocycles. The number of thiocarbonyl (C=S) groups is 1. The van der Waals surface area contributed by atoms with Crippen molar-refractivity contribution in [3.8, 4) is 0 Å². The number of cyclic esters (lactones) is 1. The fraction of sp³-hybridized carbons (Fsp3) is 0.348. The molecule has 2 saturated heterocycles. The first kappa shape index (κ1) is 22.9. The molecule has 10 heteroatoms. The third-order valence-electron chi connectivity index (χ3n) is 5.46. The molecule has 174 valence electrons. The van der Waals surface area contributed by atoms with Crippen LogP contribution < -0.4 is 15.1 Å². The summed E-state index contributed by atoms with van der Waals surface area (Å²) in [5.74, 6) is -0.644. The maximum atomic E-state index is 15.1. The molecular formula is C23H25FN4O4S. The first-order valence-electron chi connectivity index (χ1n) is 10.7. The van der Waals surface area contributed by atoms with Crippen molar-refractivity contribution in [3.63, 3.8) is 0 Å². The molecule has 8 nitrogen and oxygen atoms in total. The van der Waals surface area contributed by atoms with Crippen molar-refractivity contribution in [2.75, 3.05) is 49.1 Å². The maximum Gasteiger partial charge on any atom is 0.414 e. The predicted molar refractivity (Wildman–Crippen MR) is 126 cm³/mol. The molecule has 33 heavy (non-hydrogen) atoms. The number of anilines is 2. The number of nitrogens with zero attached hydrogens (tertiary/aromatic N) is 3. The van der Waals surface area contributed by atoms with Gasteiger partial charge in [-0.15, -0.1) is 0 Å². The van der Waals surface area contributed by atoms with Crippen molar-refractivity contribution < 1.29 is 23.6 Å². The highest BCUT2D eigenvalue weighted by molar-refractivity contribution is 7.80. The highest BCUT2D eigenvalue weighted by atomic mass is 32.1. The molecule has 2 heterocycles. The Bertz CT molecular complexity index is 1040. The minimum Gasteiger partial charge on any atom is -0.442 e. The second-order valence-corrected chi connectivity index (χ2v) is 8.17. The zero-order valence-corrected chi connectivity index (χ0v) is 19.0. The molecule has 2 aromatic rings. The standard InChI is InChI=1S/C23H25FN4O4S/c1-16(29)25-14-19-15-27(23(30)32-19)18-7-8-21(20(24)13-18)26-9-10-28(31-12-11-26)22(33)17-5-3-2-4-6-17/h2-8,13,19H,9-12,14-15H2,1H3,(H,25,29)/t19-/m0/s1. The van der Waals surface area contributed by atoms with Crippen molar-refractivity contribution in [2.24, 2.45) is 0 Å². The van der Waals surface area contributed by atoms with Gasteiger partial charge in [0.05, 0.1) is 37.6 Å². The normalized spacial score (nSPS) is 18.7. The van der Waals surface area contributed by atoms with Crippen LogP contribution in [0.25, 0.3) is 0 Å². The van der Waals surface area contributed by atoms with E-state index in [1.54, 1.807) is 17.2 Å². The van der Waals surface area contributed by atoms with Crippen LogP contribution in [-0.2, 0) is 14.4 Å². The Morgan fingerprint density at radius 1 is 1.18 bits per heavy atom. The van der Waals surface area contributed by atoms with Gasteiger partial charge in [0.1, 0.15) is 16.9 Å². The van der Waals surface area contributed by atoms with Crippen LogP contribution in [0.5, 0.6) is 0 Å². The number of hydroxylamine groups is 2.